The van der Waals surface area contributed by atoms with Crippen LogP contribution in [0.5, 0.6) is 0 Å². The molecule has 0 aliphatic heterocycles. The highest BCUT2D eigenvalue weighted by Gasteiger charge is 2.59. The van der Waals surface area contributed by atoms with Crippen LogP contribution in [0.15, 0.2) is 11.6 Å². The number of rotatable bonds is 5. The Morgan fingerprint density at radius 2 is 1.77 bits per heavy atom. The molecule has 178 valence electrons. The van der Waals surface area contributed by atoms with Crippen molar-refractivity contribution < 1.29 is 15.0 Å². The zero-order valence-corrected chi connectivity index (χ0v) is 20.8. The Labute approximate surface area is 191 Å². The van der Waals surface area contributed by atoms with Gasteiger partial charge in [-0.05, 0) is 97.7 Å². The number of fused-ring (bicyclic) bond motifs is 5. The van der Waals surface area contributed by atoms with Crippen LogP contribution in [0.2, 0.25) is 0 Å². The van der Waals surface area contributed by atoms with Crippen LogP contribution in [0, 0.1) is 46.3 Å². The van der Waals surface area contributed by atoms with Crippen LogP contribution < -0.4 is 0 Å². The third-order valence-electron chi connectivity index (χ3n) is 10.3. The molecule has 3 fully saturated rings. The van der Waals surface area contributed by atoms with Gasteiger partial charge < -0.3 is 10.2 Å². The lowest BCUT2D eigenvalue weighted by atomic mass is 9.47. The fourth-order valence-electron chi connectivity index (χ4n) is 8.67. The second kappa shape index (κ2) is 9.98. The van der Waals surface area contributed by atoms with Gasteiger partial charge in [0.05, 0.1) is 6.10 Å². The van der Waals surface area contributed by atoms with E-state index in [2.05, 4.69) is 40.7 Å². The molecule has 0 aromatic carbocycles. The predicted molar refractivity (Wildman–Crippen MR) is 128 cm³/mol. The van der Waals surface area contributed by atoms with Crippen molar-refractivity contribution >= 4 is 6.47 Å². The molecule has 0 aromatic heterocycles. The van der Waals surface area contributed by atoms with Crippen LogP contribution in [-0.2, 0) is 4.79 Å². The molecule has 0 unspecified atom stereocenters. The SMILES string of the molecule is CC(C)CCC[C@@H](C)[C@H]1CC[C@H]2[C@@H]3CC=C4C[C@@H](O)CC[C@]4(C)[C@H]3CC[C@]12C.O=CO. The molecule has 0 bridgehead atoms. The van der Waals surface area contributed by atoms with Gasteiger partial charge in [-0.3, -0.25) is 4.79 Å². The summed E-state index contributed by atoms with van der Waals surface area (Å²) in [5.41, 5.74) is 2.60. The monoisotopic (exact) mass is 432 g/mol. The lowest BCUT2D eigenvalue weighted by molar-refractivity contribution is -0.122. The molecule has 3 saturated carbocycles. The van der Waals surface area contributed by atoms with Crippen LogP contribution >= 0.6 is 0 Å². The highest BCUT2D eigenvalue weighted by molar-refractivity contribution is 5.32. The van der Waals surface area contributed by atoms with Crippen LogP contribution in [0.25, 0.3) is 0 Å². The van der Waals surface area contributed by atoms with Crippen molar-refractivity contribution in [3.63, 3.8) is 0 Å². The molecular weight excluding hydrogens is 384 g/mol. The number of aliphatic hydroxyl groups excluding tert-OH is 1. The summed E-state index contributed by atoms with van der Waals surface area (Å²) in [5.74, 6) is 5.46. The molecule has 0 amide bonds. The summed E-state index contributed by atoms with van der Waals surface area (Å²) in [6.45, 7) is 12.3. The standard InChI is InChI=1S/C27H46O.CH2O2/c1-18(2)7-6-8-19(3)23-11-12-24-22-10-9-20-17-21(28)13-15-26(20,4)25(22)14-16-27(23,24)5;2-1-3/h9,18-19,21-25,28H,6-8,10-17H2,1-5H3;1H,(H,2,3)/t19-,21+,22+,23-,24+,25+,26+,27-;/m1./s1. The van der Waals surface area contributed by atoms with Crippen molar-refractivity contribution in [2.45, 2.75) is 111 Å². The van der Waals surface area contributed by atoms with Gasteiger partial charge in [0.1, 0.15) is 0 Å². The third kappa shape index (κ3) is 4.77. The zero-order valence-electron chi connectivity index (χ0n) is 20.8. The van der Waals surface area contributed by atoms with E-state index in [-0.39, 0.29) is 12.6 Å². The number of aliphatic hydroxyl groups is 1. The van der Waals surface area contributed by atoms with E-state index >= 15 is 0 Å². The lowest BCUT2D eigenvalue weighted by Gasteiger charge is -2.58. The number of hydrogen-bond donors (Lipinski definition) is 2. The predicted octanol–water partition coefficient (Wildman–Crippen LogP) is 7.09. The van der Waals surface area contributed by atoms with Crippen LogP contribution in [0.4, 0.5) is 0 Å². The average molecular weight is 433 g/mol. The average Bonchev–Trinajstić information content (AvgIpc) is 3.06. The highest BCUT2D eigenvalue weighted by Crippen LogP contribution is 2.67. The minimum absolute atomic E-state index is 0.0766. The Morgan fingerprint density at radius 3 is 2.45 bits per heavy atom. The minimum Gasteiger partial charge on any atom is -0.483 e. The maximum atomic E-state index is 10.2. The Balaban J connectivity index is 0.000000858. The summed E-state index contributed by atoms with van der Waals surface area (Å²) in [7, 11) is 0. The quantitative estimate of drug-likeness (QED) is 0.360. The Hall–Kier alpha value is -0.830. The highest BCUT2D eigenvalue weighted by atomic mass is 16.3. The first kappa shape index (κ1) is 24.8. The van der Waals surface area contributed by atoms with Crippen molar-refractivity contribution in [1.82, 2.24) is 0 Å². The first-order valence-corrected chi connectivity index (χ1v) is 13.1. The summed E-state index contributed by atoms with van der Waals surface area (Å²) in [6, 6.07) is 0. The summed E-state index contributed by atoms with van der Waals surface area (Å²) >= 11 is 0. The van der Waals surface area contributed by atoms with Gasteiger partial charge in [0.2, 0.25) is 0 Å². The fourth-order valence-corrected chi connectivity index (χ4v) is 8.67. The van der Waals surface area contributed by atoms with Crippen molar-refractivity contribution in [3.05, 3.63) is 11.6 Å². The molecule has 0 aromatic rings. The maximum absolute atomic E-state index is 10.2. The van der Waals surface area contributed by atoms with Crippen molar-refractivity contribution in [2.75, 3.05) is 0 Å². The number of carbonyl (C=O) groups is 1. The minimum atomic E-state index is -0.250. The summed E-state index contributed by atoms with van der Waals surface area (Å²) in [5, 5.41) is 17.1. The van der Waals surface area contributed by atoms with Gasteiger partial charge in [-0.2, -0.15) is 0 Å². The maximum Gasteiger partial charge on any atom is 0.290 e. The van der Waals surface area contributed by atoms with E-state index in [0.717, 1.165) is 48.3 Å². The Kier molecular flexibility index (Phi) is 7.98. The largest absolute Gasteiger partial charge is 0.483 e. The van der Waals surface area contributed by atoms with E-state index in [1.165, 1.54) is 57.8 Å². The second-order valence-corrected chi connectivity index (χ2v) is 12.3. The Bertz CT molecular complexity index is 640. The third-order valence-corrected chi connectivity index (χ3v) is 10.3. The van der Waals surface area contributed by atoms with Gasteiger partial charge in [0.15, 0.2) is 0 Å². The first-order chi connectivity index (χ1) is 14.7. The normalized spacial score (nSPS) is 42.4. The van der Waals surface area contributed by atoms with Crippen LogP contribution in [0.1, 0.15) is 105 Å². The molecule has 0 radical (unpaired) electrons. The number of carboxylic acid groups (broad SMARTS) is 1. The van der Waals surface area contributed by atoms with Crippen molar-refractivity contribution in [2.24, 2.45) is 46.3 Å². The topological polar surface area (TPSA) is 57.5 Å². The van der Waals surface area contributed by atoms with Crippen LogP contribution in [0.3, 0.4) is 0 Å². The number of allylic oxidation sites excluding steroid dienone is 1. The first-order valence-electron chi connectivity index (χ1n) is 13.1. The molecule has 2 N–H and O–H groups in total. The van der Waals surface area contributed by atoms with E-state index in [0.29, 0.717) is 10.8 Å². The molecule has 0 spiro atoms. The fraction of sp³-hybridized carbons (Fsp3) is 0.893. The molecule has 31 heavy (non-hydrogen) atoms. The molecule has 3 heteroatoms. The second-order valence-electron chi connectivity index (χ2n) is 12.3. The Morgan fingerprint density at radius 1 is 1.06 bits per heavy atom. The van der Waals surface area contributed by atoms with Gasteiger partial charge in [-0.15, -0.1) is 0 Å². The van der Waals surface area contributed by atoms with Crippen molar-refractivity contribution in [3.8, 4) is 0 Å². The summed E-state index contributed by atoms with van der Waals surface area (Å²) in [6.07, 6.45) is 17.2. The zero-order chi connectivity index (χ0) is 22.8. The van der Waals surface area contributed by atoms with Crippen molar-refractivity contribution in [1.29, 1.82) is 0 Å². The van der Waals surface area contributed by atoms with Gasteiger partial charge in [-0.1, -0.05) is 65.5 Å². The summed E-state index contributed by atoms with van der Waals surface area (Å²) < 4.78 is 0. The van der Waals surface area contributed by atoms with E-state index < -0.39 is 0 Å². The molecule has 0 heterocycles. The molecule has 4 aliphatic carbocycles. The van der Waals surface area contributed by atoms with Gasteiger partial charge in [0.25, 0.3) is 6.47 Å². The molecule has 4 aliphatic rings. The molecular formula is C28H48O3. The molecule has 3 nitrogen and oxygen atoms in total. The van der Waals surface area contributed by atoms with E-state index in [1.807, 2.05) is 0 Å². The van der Waals surface area contributed by atoms with Gasteiger partial charge >= 0.3 is 0 Å². The van der Waals surface area contributed by atoms with E-state index in [1.54, 1.807) is 5.57 Å². The van der Waals surface area contributed by atoms with Crippen LogP contribution in [-0.4, -0.2) is 22.8 Å². The number of hydrogen-bond acceptors (Lipinski definition) is 2. The lowest BCUT2D eigenvalue weighted by Crippen LogP contribution is -2.50. The molecule has 8 atom stereocenters. The van der Waals surface area contributed by atoms with Gasteiger partial charge in [0, 0.05) is 0 Å². The smallest absolute Gasteiger partial charge is 0.290 e. The molecule has 0 saturated heterocycles. The van der Waals surface area contributed by atoms with E-state index in [9.17, 15) is 5.11 Å². The van der Waals surface area contributed by atoms with E-state index in [4.69, 9.17) is 9.90 Å². The summed E-state index contributed by atoms with van der Waals surface area (Å²) in [4.78, 5) is 8.36. The van der Waals surface area contributed by atoms with Gasteiger partial charge in [-0.25, -0.2) is 0 Å². The molecule has 4 rings (SSSR count).